The second kappa shape index (κ2) is 6.55. The van der Waals surface area contributed by atoms with Crippen LogP contribution in [0.25, 0.3) is 0 Å². The highest BCUT2D eigenvalue weighted by Crippen LogP contribution is 2.41. The average molecular weight is 326 g/mol. The van der Waals surface area contributed by atoms with Crippen LogP contribution in [-0.2, 0) is 6.54 Å². The van der Waals surface area contributed by atoms with Gasteiger partial charge >= 0.3 is 5.69 Å². The van der Waals surface area contributed by atoms with Gasteiger partial charge in [-0.25, -0.2) is 0 Å². The third-order valence-corrected chi connectivity index (χ3v) is 5.30. The smallest absolute Gasteiger partial charge is 0.304 e. The average Bonchev–Trinajstić information content (AvgIpc) is 3.04. The van der Waals surface area contributed by atoms with E-state index in [0.29, 0.717) is 16.4 Å². The minimum atomic E-state index is -0.696. The first-order valence-corrected chi connectivity index (χ1v) is 8.35. The molecule has 0 saturated heterocycles. The molecule has 2 rings (SSSR count). The van der Waals surface area contributed by atoms with Crippen LogP contribution in [0.15, 0.2) is 23.6 Å². The maximum Gasteiger partial charge on any atom is 0.304 e. The summed E-state index contributed by atoms with van der Waals surface area (Å²) in [4.78, 5) is 14.7. The van der Waals surface area contributed by atoms with Crippen molar-refractivity contribution in [3.8, 4) is 0 Å². The van der Waals surface area contributed by atoms with Crippen LogP contribution in [0.3, 0.4) is 0 Å². The lowest BCUT2D eigenvalue weighted by Crippen LogP contribution is -2.29. The minimum Gasteiger partial charge on any atom is -0.388 e. The van der Waals surface area contributed by atoms with Crippen LogP contribution in [0.4, 0.5) is 10.7 Å². The molecule has 0 fully saturated rings. The zero-order valence-electron chi connectivity index (χ0n) is 12.1. The van der Waals surface area contributed by atoms with Crippen molar-refractivity contribution in [1.82, 2.24) is 0 Å². The fourth-order valence-corrected chi connectivity index (χ4v) is 3.89. The van der Waals surface area contributed by atoms with E-state index in [1.807, 2.05) is 36.3 Å². The van der Waals surface area contributed by atoms with Crippen LogP contribution in [-0.4, -0.2) is 16.1 Å². The number of aliphatic hydroxyl groups is 1. The summed E-state index contributed by atoms with van der Waals surface area (Å²) in [5.74, 6) is 0. The lowest BCUT2D eigenvalue weighted by molar-refractivity contribution is -0.383. The van der Waals surface area contributed by atoms with Gasteiger partial charge in [0.05, 0.1) is 17.6 Å². The van der Waals surface area contributed by atoms with Gasteiger partial charge in [0.2, 0.25) is 0 Å². The molecule has 0 radical (unpaired) electrons. The maximum atomic E-state index is 11.3. The van der Waals surface area contributed by atoms with Crippen molar-refractivity contribution >= 4 is 33.4 Å². The van der Waals surface area contributed by atoms with E-state index in [-0.39, 0.29) is 16.7 Å². The molecule has 1 atom stereocenters. The second-order valence-electron chi connectivity index (χ2n) is 5.07. The van der Waals surface area contributed by atoms with Gasteiger partial charge in [-0.2, -0.15) is 0 Å². The molecule has 1 N–H and O–H groups in total. The van der Waals surface area contributed by atoms with Crippen molar-refractivity contribution in [1.29, 1.82) is 0 Å². The largest absolute Gasteiger partial charge is 0.388 e. The highest BCUT2D eigenvalue weighted by atomic mass is 32.1. The summed E-state index contributed by atoms with van der Waals surface area (Å²) in [5.41, 5.74) is 0.0705. The number of hydrogen-bond donors (Lipinski definition) is 1. The van der Waals surface area contributed by atoms with Crippen molar-refractivity contribution in [3.63, 3.8) is 0 Å². The Kier molecular flexibility index (Phi) is 4.97. The first-order valence-electron chi connectivity index (χ1n) is 6.65. The Labute approximate surface area is 131 Å². The quantitative estimate of drug-likeness (QED) is 0.638. The molecule has 0 spiro atoms. The molecule has 0 unspecified atom stereocenters. The predicted octanol–water partition coefficient (Wildman–Crippen LogP) is 4.19. The number of thiophene rings is 2. The molecule has 0 aliphatic carbocycles. The van der Waals surface area contributed by atoms with E-state index in [0.717, 1.165) is 4.88 Å². The van der Waals surface area contributed by atoms with Gasteiger partial charge < -0.3 is 10.0 Å². The summed E-state index contributed by atoms with van der Waals surface area (Å²) in [6.07, 6.45) is -0.696. The van der Waals surface area contributed by atoms with Gasteiger partial charge in [-0.1, -0.05) is 6.07 Å². The number of aliphatic hydroxyl groups excluding tert-OH is 1. The van der Waals surface area contributed by atoms with E-state index in [1.165, 1.54) is 17.4 Å². The molecule has 2 aromatic heterocycles. The summed E-state index contributed by atoms with van der Waals surface area (Å²) in [6, 6.07) is 5.61. The zero-order chi connectivity index (χ0) is 15.6. The standard InChI is InChI=1S/C14H18N2O3S2/c1-9(2)15(8-11-5-4-6-20-11)14-12(16(18)19)7-13(21-14)10(3)17/h4-7,9-10,17H,8H2,1-3H3/t10-/m1/s1. The lowest BCUT2D eigenvalue weighted by atomic mass is 10.2. The lowest BCUT2D eigenvalue weighted by Gasteiger charge is -2.26. The van der Waals surface area contributed by atoms with Crippen LogP contribution < -0.4 is 4.90 Å². The molecule has 2 aromatic rings. The molecule has 0 aliphatic heterocycles. The summed E-state index contributed by atoms with van der Waals surface area (Å²) in [5, 5.41) is 23.6. The topological polar surface area (TPSA) is 66.6 Å². The molecule has 7 heteroatoms. The van der Waals surface area contributed by atoms with Crippen molar-refractivity contribution < 1.29 is 10.0 Å². The van der Waals surface area contributed by atoms with Gasteiger partial charge in [-0.05, 0) is 32.2 Å². The van der Waals surface area contributed by atoms with Crippen molar-refractivity contribution in [2.45, 2.75) is 39.5 Å². The molecule has 114 valence electrons. The van der Waals surface area contributed by atoms with E-state index in [2.05, 4.69) is 0 Å². The molecule has 21 heavy (non-hydrogen) atoms. The van der Waals surface area contributed by atoms with E-state index < -0.39 is 6.10 Å². The van der Waals surface area contributed by atoms with E-state index in [1.54, 1.807) is 18.3 Å². The van der Waals surface area contributed by atoms with Gasteiger partial charge in [0, 0.05) is 21.9 Å². The first kappa shape index (κ1) is 15.9. The van der Waals surface area contributed by atoms with Crippen LogP contribution >= 0.6 is 22.7 Å². The Morgan fingerprint density at radius 1 is 1.43 bits per heavy atom. The maximum absolute atomic E-state index is 11.3. The van der Waals surface area contributed by atoms with Crippen LogP contribution in [0.2, 0.25) is 0 Å². The predicted molar refractivity (Wildman–Crippen MR) is 87.2 cm³/mol. The molecule has 0 saturated carbocycles. The molecule has 0 aromatic carbocycles. The second-order valence-corrected chi connectivity index (χ2v) is 7.17. The molecule has 0 amide bonds. The third-order valence-electron chi connectivity index (χ3n) is 3.11. The van der Waals surface area contributed by atoms with E-state index in [4.69, 9.17) is 0 Å². The highest BCUT2D eigenvalue weighted by Gasteiger charge is 2.27. The van der Waals surface area contributed by atoms with Gasteiger partial charge in [-0.15, -0.1) is 22.7 Å². The molecule has 5 nitrogen and oxygen atoms in total. The van der Waals surface area contributed by atoms with Crippen LogP contribution in [0, 0.1) is 10.1 Å². The molecule has 0 aliphatic rings. The number of rotatable bonds is 6. The Morgan fingerprint density at radius 2 is 2.14 bits per heavy atom. The minimum absolute atomic E-state index is 0.0705. The first-order chi connectivity index (χ1) is 9.90. The number of anilines is 1. The Morgan fingerprint density at radius 3 is 2.62 bits per heavy atom. The van der Waals surface area contributed by atoms with E-state index in [9.17, 15) is 15.2 Å². The molecular formula is C14H18N2O3S2. The monoisotopic (exact) mass is 326 g/mol. The summed E-state index contributed by atoms with van der Waals surface area (Å²) >= 11 is 2.93. The van der Waals surface area contributed by atoms with Crippen molar-refractivity contribution in [2.24, 2.45) is 0 Å². The summed E-state index contributed by atoms with van der Waals surface area (Å²) in [7, 11) is 0. The van der Waals surface area contributed by atoms with Crippen molar-refractivity contribution in [3.05, 3.63) is 43.4 Å². The van der Waals surface area contributed by atoms with Crippen LogP contribution in [0.1, 0.15) is 36.6 Å². The fraction of sp³-hybridized carbons (Fsp3) is 0.429. The third kappa shape index (κ3) is 3.61. The van der Waals surface area contributed by atoms with E-state index >= 15 is 0 Å². The molecule has 2 heterocycles. The van der Waals surface area contributed by atoms with Gasteiger partial charge in [0.15, 0.2) is 5.00 Å². The number of nitro groups is 1. The van der Waals surface area contributed by atoms with Gasteiger partial charge in [-0.3, -0.25) is 10.1 Å². The number of nitrogens with zero attached hydrogens (tertiary/aromatic N) is 2. The molecular weight excluding hydrogens is 308 g/mol. The fourth-order valence-electron chi connectivity index (χ4n) is 1.99. The van der Waals surface area contributed by atoms with Gasteiger partial charge in [0.1, 0.15) is 0 Å². The highest BCUT2D eigenvalue weighted by molar-refractivity contribution is 7.16. The van der Waals surface area contributed by atoms with Crippen LogP contribution in [0.5, 0.6) is 0 Å². The molecule has 0 bridgehead atoms. The Hall–Kier alpha value is -1.44. The Bertz CT molecular complexity index is 606. The normalized spacial score (nSPS) is 12.6. The van der Waals surface area contributed by atoms with Gasteiger partial charge in [0.25, 0.3) is 0 Å². The number of hydrogen-bond acceptors (Lipinski definition) is 6. The summed E-state index contributed by atoms with van der Waals surface area (Å²) < 4.78 is 0. The summed E-state index contributed by atoms with van der Waals surface area (Å²) in [6.45, 7) is 6.28. The SMILES string of the molecule is CC(C)N(Cc1cccs1)c1sc([C@@H](C)O)cc1[N+](=O)[O-]. The Balaban J connectivity index is 2.41. The van der Waals surface area contributed by atoms with Crippen molar-refractivity contribution in [2.75, 3.05) is 4.90 Å². The zero-order valence-corrected chi connectivity index (χ0v) is 13.8.